The molecule has 0 fully saturated rings. The fourth-order valence-corrected chi connectivity index (χ4v) is 3.78. The van der Waals surface area contributed by atoms with Crippen molar-refractivity contribution >= 4 is 7.60 Å². The van der Waals surface area contributed by atoms with Crippen molar-refractivity contribution in [1.82, 2.24) is 15.5 Å². The topological polar surface area (TPSA) is 108 Å². The summed E-state index contributed by atoms with van der Waals surface area (Å²) in [5, 5.41) is 6.95. The zero-order valence-electron chi connectivity index (χ0n) is 17.2. The van der Waals surface area contributed by atoms with Crippen LogP contribution in [0.15, 0.2) is 53.1 Å². The van der Waals surface area contributed by atoms with Crippen LogP contribution in [0.4, 0.5) is 4.39 Å². The number of hydrogen-bond donors (Lipinski definition) is 3. The van der Waals surface area contributed by atoms with Crippen LogP contribution in [-0.4, -0.2) is 32.6 Å². The molecule has 9 heteroatoms. The van der Waals surface area contributed by atoms with Crippen LogP contribution in [0.1, 0.15) is 36.3 Å². The third-order valence-corrected chi connectivity index (χ3v) is 5.72. The van der Waals surface area contributed by atoms with Gasteiger partial charge in [0.25, 0.3) is 0 Å². The number of rotatable bonds is 12. The Morgan fingerprint density at radius 3 is 2.52 bits per heavy atom. The van der Waals surface area contributed by atoms with Crippen molar-refractivity contribution in [1.29, 1.82) is 0 Å². The summed E-state index contributed by atoms with van der Waals surface area (Å²) in [7, 11) is -3.97. The van der Waals surface area contributed by atoms with Crippen LogP contribution in [0.2, 0.25) is 0 Å². The first-order chi connectivity index (χ1) is 14.9. The molecule has 0 aliphatic heterocycles. The first kappa shape index (κ1) is 23.3. The molecule has 3 aromatic rings. The Labute approximate surface area is 180 Å². The molecule has 7 nitrogen and oxygen atoms in total. The van der Waals surface area contributed by atoms with Gasteiger partial charge in [-0.15, -0.1) is 0 Å². The Hall–Kier alpha value is -2.38. The van der Waals surface area contributed by atoms with E-state index >= 15 is 0 Å². The zero-order chi connectivity index (χ0) is 22.1. The van der Waals surface area contributed by atoms with Gasteiger partial charge in [0.05, 0.1) is 11.7 Å². The van der Waals surface area contributed by atoms with E-state index in [9.17, 15) is 8.96 Å². The van der Waals surface area contributed by atoms with Crippen molar-refractivity contribution in [3.8, 4) is 11.4 Å². The van der Waals surface area contributed by atoms with Crippen molar-refractivity contribution in [3.05, 3.63) is 71.4 Å². The normalized spacial score (nSPS) is 11.7. The van der Waals surface area contributed by atoms with Crippen molar-refractivity contribution in [2.24, 2.45) is 0 Å². The van der Waals surface area contributed by atoms with Gasteiger partial charge in [-0.2, -0.15) is 4.98 Å². The summed E-state index contributed by atoms with van der Waals surface area (Å²) in [4.78, 5) is 22.0. The lowest BCUT2D eigenvalue weighted by molar-refractivity contribution is 0.371. The van der Waals surface area contributed by atoms with Gasteiger partial charge in [-0.3, -0.25) is 4.57 Å². The monoisotopic (exact) mass is 447 g/mol. The van der Waals surface area contributed by atoms with Crippen LogP contribution < -0.4 is 5.32 Å². The van der Waals surface area contributed by atoms with E-state index in [-0.39, 0.29) is 17.5 Å². The highest BCUT2D eigenvalue weighted by molar-refractivity contribution is 7.51. The van der Waals surface area contributed by atoms with Crippen LogP contribution in [0.25, 0.3) is 11.4 Å². The molecule has 2 aromatic carbocycles. The molecule has 0 bridgehead atoms. The summed E-state index contributed by atoms with van der Waals surface area (Å²) < 4.78 is 30.6. The lowest BCUT2D eigenvalue weighted by Gasteiger charge is -2.07. The molecule has 1 heterocycles. The first-order valence-corrected chi connectivity index (χ1v) is 12.1. The second-order valence-electron chi connectivity index (χ2n) is 7.44. The molecule has 0 saturated carbocycles. The second-order valence-corrected chi connectivity index (χ2v) is 9.21. The summed E-state index contributed by atoms with van der Waals surface area (Å²) in [6.07, 6.45) is 3.74. The minimum absolute atomic E-state index is 0.167. The van der Waals surface area contributed by atoms with Crippen LogP contribution in [-0.2, 0) is 24.0 Å². The van der Waals surface area contributed by atoms with E-state index in [1.54, 1.807) is 12.1 Å². The van der Waals surface area contributed by atoms with E-state index in [4.69, 9.17) is 14.3 Å². The van der Waals surface area contributed by atoms with E-state index in [0.717, 1.165) is 24.8 Å². The van der Waals surface area contributed by atoms with E-state index in [2.05, 4.69) is 27.6 Å². The Kier molecular flexibility index (Phi) is 8.49. The summed E-state index contributed by atoms with van der Waals surface area (Å²) in [6, 6.07) is 15.1. The molecule has 31 heavy (non-hydrogen) atoms. The quantitative estimate of drug-likeness (QED) is 0.283. The molecule has 0 unspecified atom stereocenters. The largest absolute Gasteiger partial charge is 0.339 e. The summed E-state index contributed by atoms with van der Waals surface area (Å²) >= 11 is 0. The SMILES string of the molecule is O=P(O)(O)CCCNCc1ccc(-c2noc(CCCCc3ccccc3)n2)c(F)c1. The molecular weight excluding hydrogens is 420 g/mol. The lowest BCUT2D eigenvalue weighted by Crippen LogP contribution is -2.16. The molecule has 0 aliphatic carbocycles. The molecule has 166 valence electrons. The molecule has 0 saturated heterocycles. The molecule has 3 rings (SSSR count). The molecule has 3 N–H and O–H groups in total. The van der Waals surface area contributed by atoms with Crippen LogP contribution >= 0.6 is 7.60 Å². The zero-order valence-corrected chi connectivity index (χ0v) is 18.1. The molecule has 0 atom stereocenters. The average molecular weight is 447 g/mol. The predicted octanol–water partition coefficient (Wildman–Crippen LogP) is 4.10. The van der Waals surface area contributed by atoms with Crippen LogP contribution in [0, 0.1) is 5.82 Å². The minimum atomic E-state index is -3.97. The Balaban J connectivity index is 1.45. The van der Waals surface area contributed by atoms with Gasteiger partial charge in [-0.1, -0.05) is 41.6 Å². The summed E-state index contributed by atoms with van der Waals surface area (Å²) in [5.74, 6) is 0.293. The highest BCUT2D eigenvalue weighted by Crippen LogP contribution is 2.34. The van der Waals surface area contributed by atoms with Gasteiger partial charge < -0.3 is 19.6 Å². The third-order valence-electron chi connectivity index (χ3n) is 4.82. The van der Waals surface area contributed by atoms with E-state index in [1.165, 1.54) is 11.6 Å². The van der Waals surface area contributed by atoms with E-state index in [1.807, 2.05) is 18.2 Å². The first-order valence-electron chi connectivity index (χ1n) is 10.3. The van der Waals surface area contributed by atoms with Crippen molar-refractivity contribution < 1.29 is 23.3 Å². The van der Waals surface area contributed by atoms with E-state index < -0.39 is 13.4 Å². The summed E-state index contributed by atoms with van der Waals surface area (Å²) in [6.45, 7) is 0.838. The second kappa shape index (κ2) is 11.3. The molecule has 0 radical (unpaired) electrons. The number of nitrogens with one attached hydrogen (secondary N) is 1. The number of aryl methyl sites for hydroxylation is 2. The molecular formula is C22H27FN3O4P. The maximum atomic E-state index is 14.5. The van der Waals surface area contributed by atoms with Gasteiger partial charge in [0.2, 0.25) is 11.7 Å². The molecule has 0 spiro atoms. The Morgan fingerprint density at radius 2 is 1.77 bits per heavy atom. The number of halogens is 1. The van der Waals surface area contributed by atoms with Gasteiger partial charge in [-0.05, 0) is 55.5 Å². The van der Waals surface area contributed by atoms with Crippen molar-refractivity contribution in [2.45, 2.75) is 38.6 Å². The predicted molar refractivity (Wildman–Crippen MR) is 116 cm³/mol. The standard InChI is InChI=1S/C22H27FN3O4P/c23-20-15-18(16-24-13-6-14-31(27,28)29)11-12-19(20)22-25-21(30-26-22)10-5-4-9-17-7-2-1-3-8-17/h1-3,7-8,11-12,15,24H,4-6,9-10,13-14,16H2,(H2,27,28,29). The smallest absolute Gasteiger partial charge is 0.325 e. The number of aromatic nitrogens is 2. The molecule has 1 aromatic heterocycles. The number of benzene rings is 2. The Morgan fingerprint density at radius 1 is 1.00 bits per heavy atom. The molecule has 0 amide bonds. The van der Waals surface area contributed by atoms with Gasteiger partial charge in [0.15, 0.2) is 0 Å². The minimum Gasteiger partial charge on any atom is -0.339 e. The van der Waals surface area contributed by atoms with Gasteiger partial charge in [-0.25, -0.2) is 4.39 Å². The number of hydrogen-bond acceptors (Lipinski definition) is 5. The number of unbranched alkanes of at least 4 members (excludes halogenated alkanes) is 1. The molecule has 0 aliphatic rings. The Bertz CT molecular complexity index is 1010. The summed E-state index contributed by atoms with van der Waals surface area (Å²) in [5.41, 5.74) is 2.30. The number of nitrogens with zero attached hydrogens (tertiary/aromatic N) is 2. The van der Waals surface area contributed by atoms with Crippen LogP contribution in [0.3, 0.4) is 0 Å². The van der Waals surface area contributed by atoms with Crippen molar-refractivity contribution in [3.63, 3.8) is 0 Å². The van der Waals surface area contributed by atoms with Crippen LogP contribution in [0.5, 0.6) is 0 Å². The maximum absolute atomic E-state index is 14.5. The van der Waals surface area contributed by atoms with Gasteiger partial charge in [0.1, 0.15) is 5.82 Å². The third kappa shape index (κ3) is 7.99. The lowest BCUT2D eigenvalue weighted by atomic mass is 10.1. The maximum Gasteiger partial charge on any atom is 0.325 e. The highest BCUT2D eigenvalue weighted by Gasteiger charge is 2.14. The van der Waals surface area contributed by atoms with Gasteiger partial charge in [0, 0.05) is 13.0 Å². The van der Waals surface area contributed by atoms with Crippen molar-refractivity contribution in [2.75, 3.05) is 12.7 Å². The van der Waals surface area contributed by atoms with E-state index in [0.29, 0.717) is 31.8 Å². The highest BCUT2D eigenvalue weighted by atomic mass is 31.2. The fraction of sp³-hybridized carbons (Fsp3) is 0.364. The average Bonchev–Trinajstić information content (AvgIpc) is 3.19. The fourth-order valence-electron chi connectivity index (χ4n) is 3.21. The van der Waals surface area contributed by atoms with Gasteiger partial charge >= 0.3 is 7.60 Å².